The summed E-state index contributed by atoms with van der Waals surface area (Å²) >= 11 is 5.71. The molecule has 0 saturated carbocycles. The second kappa shape index (κ2) is 5.29. The van der Waals surface area contributed by atoms with Gasteiger partial charge in [0.15, 0.2) is 6.10 Å². The molecule has 0 fully saturated rings. The Bertz CT molecular complexity index is 372. The van der Waals surface area contributed by atoms with Gasteiger partial charge >= 0.3 is 0 Å². The first kappa shape index (κ1) is 10.6. The molecule has 3 heteroatoms. The average Bonchev–Trinajstić information content (AvgIpc) is 2.21. The largest absolute Gasteiger partial charge is 0.346 e. The van der Waals surface area contributed by atoms with Gasteiger partial charge in [-0.2, -0.15) is 5.26 Å². The molecular weight excluding hydrogens is 198 g/mol. The summed E-state index contributed by atoms with van der Waals surface area (Å²) in [4.78, 5) is 0. The molecule has 0 bridgehead atoms. The van der Waals surface area contributed by atoms with Gasteiger partial charge in [0.1, 0.15) is 6.61 Å². The van der Waals surface area contributed by atoms with E-state index in [9.17, 15) is 0 Å². The Balaban J connectivity index is 2.76. The molecule has 0 aliphatic carbocycles. The fourth-order valence-electron chi connectivity index (χ4n) is 0.977. The van der Waals surface area contributed by atoms with Crippen LogP contribution in [-0.2, 0) is 4.74 Å². The van der Waals surface area contributed by atoms with Crippen molar-refractivity contribution in [3.05, 3.63) is 34.9 Å². The molecule has 1 rings (SSSR count). The number of nitrogens with zero attached hydrogens (tertiary/aromatic N) is 1. The monoisotopic (exact) mass is 205 g/mol. The Hall–Kier alpha value is -1.48. The lowest BCUT2D eigenvalue weighted by atomic mass is 10.1. The Labute approximate surface area is 88.1 Å². The number of benzene rings is 1. The molecule has 0 aromatic heterocycles. The van der Waals surface area contributed by atoms with Gasteiger partial charge < -0.3 is 4.74 Å². The summed E-state index contributed by atoms with van der Waals surface area (Å²) in [5, 5.41) is 9.43. The van der Waals surface area contributed by atoms with Crippen LogP contribution in [-0.4, -0.2) is 6.61 Å². The van der Waals surface area contributed by atoms with Gasteiger partial charge in [-0.3, -0.25) is 0 Å². The third-order valence-corrected chi connectivity index (χ3v) is 1.88. The minimum Gasteiger partial charge on any atom is -0.346 e. The van der Waals surface area contributed by atoms with Crippen LogP contribution in [0.4, 0.5) is 0 Å². The Morgan fingerprint density at radius 2 is 2.07 bits per heavy atom. The molecule has 0 N–H and O–H groups in total. The zero-order valence-electron chi connectivity index (χ0n) is 7.40. The highest BCUT2D eigenvalue weighted by atomic mass is 35.5. The van der Waals surface area contributed by atoms with E-state index in [0.29, 0.717) is 5.02 Å². The molecule has 0 saturated heterocycles. The predicted molar refractivity (Wildman–Crippen MR) is 54.6 cm³/mol. The van der Waals surface area contributed by atoms with Gasteiger partial charge in [0, 0.05) is 5.02 Å². The first-order valence-corrected chi connectivity index (χ1v) is 4.36. The van der Waals surface area contributed by atoms with Crippen LogP contribution in [0.25, 0.3) is 0 Å². The number of hydrogen-bond donors (Lipinski definition) is 0. The molecule has 14 heavy (non-hydrogen) atoms. The van der Waals surface area contributed by atoms with Crippen molar-refractivity contribution < 1.29 is 4.74 Å². The van der Waals surface area contributed by atoms with E-state index in [-0.39, 0.29) is 6.61 Å². The molecule has 0 aliphatic heterocycles. The summed E-state index contributed by atoms with van der Waals surface area (Å²) in [6.07, 6.45) is 4.41. The molecule has 1 aromatic carbocycles. The molecule has 0 heterocycles. The zero-order valence-corrected chi connectivity index (χ0v) is 8.16. The van der Waals surface area contributed by atoms with E-state index in [2.05, 4.69) is 5.92 Å². The summed E-state index contributed by atoms with van der Waals surface area (Å²) in [5.74, 6) is 2.31. The summed E-state index contributed by atoms with van der Waals surface area (Å²) in [6.45, 7) is 0.126. The molecule has 1 unspecified atom stereocenters. The van der Waals surface area contributed by atoms with Gasteiger partial charge in [0.05, 0.1) is 6.07 Å². The van der Waals surface area contributed by atoms with Crippen LogP contribution >= 0.6 is 11.6 Å². The number of hydrogen-bond acceptors (Lipinski definition) is 2. The van der Waals surface area contributed by atoms with Gasteiger partial charge in [-0.25, -0.2) is 0 Å². The zero-order chi connectivity index (χ0) is 10.4. The summed E-state index contributed by atoms with van der Waals surface area (Å²) in [6, 6.07) is 8.91. The van der Waals surface area contributed by atoms with E-state index in [1.165, 1.54) is 0 Å². The standard InChI is InChI=1S/C11H8ClNO/c1-2-7-14-11(8-13)9-3-5-10(12)6-4-9/h1,3-6,11H,7H2. The van der Waals surface area contributed by atoms with E-state index in [4.69, 9.17) is 28.0 Å². The quantitative estimate of drug-likeness (QED) is 0.711. The van der Waals surface area contributed by atoms with E-state index >= 15 is 0 Å². The maximum Gasteiger partial charge on any atom is 0.170 e. The van der Waals surface area contributed by atoms with Crippen molar-refractivity contribution in [3.8, 4) is 18.4 Å². The molecule has 0 aliphatic rings. The van der Waals surface area contributed by atoms with E-state index in [1.54, 1.807) is 24.3 Å². The maximum atomic E-state index is 8.80. The first-order chi connectivity index (χ1) is 6.77. The van der Waals surface area contributed by atoms with Gasteiger partial charge in [0.25, 0.3) is 0 Å². The van der Waals surface area contributed by atoms with Crippen LogP contribution in [0, 0.1) is 23.7 Å². The van der Waals surface area contributed by atoms with Crippen LogP contribution < -0.4 is 0 Å². The van der Waals surface area contributed by atoms with Gasteiger partial charge in [0.2, 0.25) is 0 Å². The topological polar surface area (TPSA) is 33.0 Å². The SMILES string of the molecule is C#CCOC(C#N)c1ccc(Cl)cc1. The first-order valence-electron chi connectivity index (χ1n) is 3.98. The Morgan fingerprint density at radius 3 is 2.57 bits per heavy atom. The summed E-state index contributed by atoms with van der Waals surface area (Å²) < 4.78 is 5.13. The lowest BCUT2D eigenvalue weighted by Gasteiger charge is -2.08. The number of nitriles is 1. The van der Waals surface area contributed by atoms with Gasteiger partial charge in [-0.15, -0.1) is 6.42 Å². The Morgan fingerprint density at radius 1 is 1.43 bits per heavy atom. The second-order valence-electron chi connectivity index (χ2n) is 2.58. The minimum absolute atomic E-state index is 0.126. The van der Waals surface area contributed by atoms with Crippen LogP contribution in [0.5, 0.6) is 0 Å². The van der Waals surface area contributed by atoms with Crippen LogP contribution in [0.3, 0.4) is 0 Å². The number of rotatable bonds is 3. The normalized spacial score (nSPS) is 11.4. The van der Waals surface area contributed by atoms with Crippen molar-refractivity contribution in [3.63, 3.8) is 0 Å². The van der Waals surface area contributed by atoms with Crippen LogP contribution in [0.15, 0.2) is 24.3 Å². The highest BCUT2D eigenvalue weighted by molar-refractivity contribution is 6.30. The van der Waals surface area contributed by atoms with Crippen molar-refractivity contribution in [2.24, 2.45) is 0 Å². The van der Waals surface area contributed by atoms with Gasteiger partial charge in [-0.05, 0) is 17.7 Å². The molecule has 0 amide bonds. The van der Waals surface area contributed by atoms with Crippen LogP contribution in [0.2, 0.25) is 5.02 Å². The third kappa shape index (κ3) is 2.78. The predicted octanol–water partition coefficient (Wildman–Crippen LogP) is 2.55. The summed E-state index contributed by atoms with van der Waals surface area (Å²) in [5.41, 5.74) is 0.757. The van der Waals surface area contributed by atoms with Gasteiger partial charge in [-0.1, -0.05) is 29.7 Å². The highest BCUT2D eigenvalue weighted by Gasteiger charge is 2.09. The van der Waals surface area contributed by atoms with E-state index in [0.717, 1.165) is 5.56 Å². The summed E-state index contributed by atoms with van der Waals surface area (Å²) in [7, 11) is 0. The van der Waals surface area contributed by atoms with Crippen molar-refractivity contribution in [1.29, 1.82) is 5.26 Å². The van der Waals surface area contributed by atoms with E-state index in [1.807, 2.05) is 6.07 Å². The second-order valence-corrected chi connectivity index (χ2v) is 3.01. The Kier molecular flexibility index (Phi) is 4.01. The van der Waals surface area contributed by atoms with Crippen molar-refractivity contribution >= 4 is 11.6 Å². The fourth-order valence-corrected chi connectivity index (χ4v) is 1.10. The highest BCUT2D eigenvalue weighted by Crippen LogP contribution is 2.18. The smallest absolute Gasteiger partial charge is 0.170 e. The van der Waals surface area contributed by atoms with Crippen molar-refractivity contribution in [2.75, 3.05) is 6.61 Å². The minimum atomic E-state index is -0.622. The molecular formula is C11H8ClNO. The molecule has 0 spiro atoms. The van der Waals surface area contributed by atoms with Crippen molar-refractivity contribution in [2.45, 2.75) is 6.10 Å². The number of terminal acetylenes is 1. The lowest BCUT2D eigenvalue weighted by molar-refractivity contribution is 0.120. The molecule has 1 atom stereocenters. The third-order valence-electron chi connectivity index (χ3n) is 1.62. The average molecular weight is 206 g/mol. The lowest BCUT2D eigenvalue weighted by Crippen LogP contribution is -2.01. The molecule has 0 radical (unpaired) electrons. The molecule has 2 nitrogen and oxygen atoms in total. The number of ether oxygens (including phenoxy) is 1. The maximum absolute atomic E-state index is 8.80. The van der Waals surface area contributed by atoms with Crippen molar-refractivity contribution in [1.82, 2.24) is 0 Å². The molecule has 70 valence electrons. The molecule has 1 aromatic rings. The number of halogens is 1. The van der Waals surface area contributed by atoms with Crippen LogP contribution in [0.1, 0.15) is 11.7 Å². The van der Waals surface area contributed by atoms with E-state index < -0.39 is 6.10 Å². The fraction of sp³-hybridized carbons (Fsp3) is 0.182.